The number of nitrogens with one attached hydrogen (secondary N) is 2. The number of nitro benzene ring substituents is 1. The third-order valence-corrected chi connectivity index (χ3v) is 3.46. The molecule has 1 aliphatic rings. The first-order valence-corrected chi connectivity index (χ1v) is 7.56. The first-order chi connectivity index (χ1) is 10.7. The molecule has 1 saturated heterocycles. The fraction of sp³-hybridized carbons (Fsp3) is 0.533. The van der Waals surface area contributed by atoms with Crippen LogP contribution in [-0.4, -0.2) is 36.7 Å². The molecular weight excluding hydrogens is 411 g/mol. The Kier molecular flexibility index (Phi) is 8.85. The van der Waals surface area contributed by atoms with Crippen LogP contribution in [0.1, 0.15) is 25.3 Å². The summed E-state index contributed by atoms with van der Waals surface area (Å²) in [6, 6.07) is 6.67. The van der Waals surface area contributed by atoms with Gasteiger partial charge in [0.2, 0.25) is 0 Å². The maximum atomic E-state index is 11.0. The van der Waals surface area contributed by atoms with Crippen LogP contribution < -0.4 is 10.6 Å². The van der Waals surface area contributed by atoms with Gasteiger partial charge in [-0.1, -0.05) is 18.2 Å². The van der Waals surface area contributed by atoms with Crippen molar-refractivity contribution < 1.29 is 9.66 Å². The van der Waals surface area contributed by atoms with E-state index in [1.54, 1.807) is 18.2 Å². The lowest BCUT2D eigenvalue weighted by Gasteiger charge is -2.14. The van der Waals surface area contributed by atoms with Crippen molar-refractivity contribution in [3.8, 4) is 0 Å². The number of para-hydroxylation sites is 1. The summed E-state index contributed by atoms with van der Waals surface area (Å²) in [6.07, 6.45) is 2.36. The van der Waals surface area contributed by atoms with Crippen LogP contribution in [0.4, 0.5) is 5.69 Å². The van der Waals surface area contributed by atoms with Crippen LogP contribution in [0.5, 0.6) is 0 Å². The lowest BCUT2D eigenvalue weighted by atomic mass is 10.2. The molecule has 1 aromatic rings. The molecule has 0 spiro atoms. The predicted octanol–water partition coefficient (Wildman–Crippen LogP) is 2.45. The number of rotatable bonds is 6. The summed E-state index contributed by atoms with van der Waals surface area (Å²) < 4.78 is 5.56. The zero-order valence-electron chi connectivity index (χ0n) is 13.2. The number of nitro groups is 1. The van der Waals surface area contributed by atoms with Gasteiger partial charge in [0.25, 0.3) is 5.69 Å². The molecule has 0 aromatic heterocycles. The van der Waals surface area contributed by atoms with Crippen LogP contribution in [-0.2, 0) is 11.3 Å². The van der Waals surface area contributed by atoms with Gasteiger partial charge in [0.1, 0.15) is 0 Å². The van der Waals surface area contributed by atoms with E-state index in [0.29, 0.717) is 18.1 Å². The minimum Gasteiger partial charge on any atom is -0.376 e. The molecule has 1 unspecified atom stereocenters. The van der Waals surface area contributed by atoms with Crippen molar-refractivity contribution in [1.29, 1.82) is 0 Å². The molecule has 0 radical (unpaired) electrons. The maximum Gasteiger partial charge on any atom is 0.274 e. The van der Waals surface area contributed by atoms with Crippen molar-refractivity contribution in [2.24, 2.45) is 4.99 Å². The second kappa shape index (κ2) is 10.4. The highest BCUT2D eigenvalue weighted by molar-refractivity contribution is 14.0. The van der Waals surface area contributed by atoms with E-state index in [9.17, 15) is 10.1 Å². The van der Waals surface area contributed by atoms with Crippen molar-refractivity contribution >= 4 is 35.6 Å². The van der Waals surface area contributed by atoms with E-state index in [2.05, 4.69) is 15.6 Å². The molecule has 0 amide bonds. The Bertz CT molecular complexity index is 533. The molecule has 128 valence electrons. The molecule has 1 aliphatic heterocycles. The normalized spacial score (nSPS) is 17.4. The SMILES string of the molecule is CCNC(=NCc1ccccc1[N+](=O)[O-])NCC1CCCO1.I. The largest absolute Gasteiger partial charge is 0.376 e. The standard InChI is InChI=1S/C15H22N4O3.HI/c1-2-16-15(18-11-13-7-5-9-22-13)17-10-12-6-3-4-8-14(12)19(20)21;/h3-4,6,8,13H,2,5,7,9-11H2,1H3,(H2,16,17,18);1H. The summed E-state index contributed by atoms with van der Waals surface area (Å²) in [4.78, 5) is 15.0. The van der Waals surface area contributed by atoms with Crippen LogP contribution in [0, 0.1) is 10.1 Å². The number of hydrogen-bond donors (Lipinski definition) is 2. The maximum absolute atomic E-state index is 11.0. The van der Waals surface area contributed by atoms with Gasteiger partial charge in [-0.25, -0.2) is 4.99 Å². The molecular formula is C15H23IN4O3. The quantitative estimate of drug-likeness (QED) is 0.236. The molecule has 0 bridgehead atoms. The van der Waals surface area contributed by atoms with Gasteiger partial charge >= 0.3 is 0 Å². The average molecular weight is 434 g/mol. The van der Waals surface area contributed by atoms with E-state index in [1.807, 2.05) is 6.92 Å². The summed E-state index contributed by atoms with van der Waals surface area (Å²) in [7, 11) is 0. The average Bonchev–Trinajstić information content (AvgIpc) is 3.03. The Morgan fingerprint density at radius 2 is 2.22 bits per heavy atom. The third-order valence-electron chi connectivity index (χ3n) is 3.46. The number of halogens is 1. The second-order valence-electron chi connectivity index (χ2n) is 5.10. The van der Waals surface area contributed by atoms with Crippen LogP contribution in [0.25, 0.3) is 0 Å². The molecule has 1 heterocycles. The van der Waals surface area contributed by atoms with E-state index < -0.39 is 0 Å². The topological polar surface area (TPSA) is 88.8 Å². The number of aliphatic imine (C=N–C) groups is 1. The molecule has 7 nitrogen and oxygen atoms in total. The van der Waals surface area contributed by atoms with E-state index in [1.165, 1.54) is 6.07 Å². The van der Waals surface area contributed by atoms with Crippen LogP contribution in [0.3, 0.4) is 0 Å². The van der Waals surface area contributed by atoms with Gasteiger partial charge in [-0.05, 0) is 19.8 Å². The van der Waals surface area contributed by atoms with Crippen LogP contribution in [0.15, 0.2) is 29.3 Å². The van der Waals surface area contributed by atoms with E-state index in [0.717, 1.165) is 26.0 Å². The van der Waals surface area contributed by atoms with Crippen molar-refractivity contribution in [2.45, 2.75) is 32.4 Å². The van der Waals surface area contributed by atoms with E-state index in [-0.39, 0.29) is 47.2 Å². The molecule has 1 fully saturated rings. The fourth-order valence-corrected chi connectivity index (χ4v) is 2.34. The molecule has 2 rings (SSSR count). The molecule has 1 atom stereocenters. The van der Waals surface area contributed by atoms with E-state index in [4.69, 9.17) is 4.74 Å². The molecule has 8 heteroatoms. The summed E-state index contributed by atoms with van der Waals surface area (Å²) in [6.45, 7) is 4.49. The lowest BCUT2D eigenvalue weighted by Crippen LogP contribution is -2.41. The Hall–Kier alpha value is -1.42. The van der Waals surface area contributed by atoms with Gasteiger partial charge in [0.05, 0.1) is 23.1 Å². The minimum atomic E-state index is -0.377. The monoisotopic (exact) mass is 434 g/mol. The van der Waals surface area contributed by atoms with Crippen molar-refractivity contribution in [3.05, 3.63) is 39.9 Å². The van der Waals surface area contributed by atoms with Crippen LogP contribution in [0.2, 0.25) is 0 Å². The van der Waals surface area contributed by atoms with Gasteiger partial charge in [-0.3, -0.25) is 10.1 Å². The van der Waals surface area contributed by atoms with Crippen molar-refractivity contribution in [1.82, 2.24) is 10.6 Å². The van der Waals surface area contributed by atoms with Crippen LogP contribution >= 0.6 is 24.0 Å². The predicted molar refractivity (Wildman–Crippen MR) is 100 cm³/mol. The molecule has 23 heavy (non-hydrogen) atoms. The Balaban J connectivity index is 0.00000264. The minimum absolute atomic E-state index is 0. The number of ether oxygens (including phenoxy) is 1. The Morgan fingerprint density at radius 3 is 2.87 bits per heavy atom. The van der Waals surface area contributed by atoms with Crippen molar-refractivity contribution in [3.63, 3.8) is 0 Å². The Morgan fingerprint density at radius 1 is 1.43 bits per heavy atom. The first kappa shape index (κ1) is 19.6. The summed E-state index contributed by atoms with van der Waals surface area (Å²) in [5, 5.41) is 17.4. The molecule has 0 saturated carbocycles. The summed E-state index contributed by atoms with van der Waals surface area (Å²) in [5.41, 5.74) is 0.697. The van der Waals surface area contributed by atoms with Gasteiger partial charge in [0, 0.05) is 25.8 Å². The lowest BCUT2D eigenvalue weighted by molar-refractivity contribution is -0.385. The third kappa shape index (κ3) is 6.30. The zero-order valence-corrected chi connectivity index (χ0v) is 15.5. The molecule has 1 aromatic carbocycles. The number of guanidine groups is 1. The molecule has 2 N–H and O–H groups in total. The highest BCUT2D eigenvalue weighted by atomic mass is 127. The first-order valence-electron chi connectivity index (χ1n) is 7.56. The number of nitrogens with zero attached hydrogens (tertiary/aromatic N) is 2. The Labute approximate surface area is 153 Å². The van der Waals surface area contributed by atoms with Gasteiger partial charge < -0.3 is 15.4 Å². The van der Waals surface area contributed by atoms with Gasteiger partial charge in [-0.15, -0.1) is 24.0 Å². The fourth-order valence-electron chi connectivity index (χ4n) is 2.34. The van der Waals surface area contributed by atoms with Gasteiger partial charge in [-0.2, -0.15) is 0 Å². The number of hydrogen-bond acceptors (Lipinski definition) is 4. The van der Waals surface area contributed by atoms with Crippen molar-refractivity contribution in [2.75, 3.05) is 19.7 Å². The second-order valence-corrected chi connectivity index (χ2v) is 5.10. The zero-order chi connectivity index (χ0) is 15.8. The summed E-state index contributed by atoms with van der Waals surface area (Å²) in [5.74, 6) is 0.649. The van der Waals surface area contributed by atoms with Gasteiger partial charge in [0.15, 0.2) is 5.96 Å². The summed E-state index contributed by atoms with van der Waals surface area (Å²) >= 11 is 0. The smallest absolute Gasteiger partial charge is 0.274 e. The van der Waals surface area contributed by atoms with E-state index >= 15 is 0 Å². The highest BCUT2D eigenvalue weighted by Gasteiger charge is 2.16. The molecule has 0 aliphatic carbocycles. The number of benzene rings is 1. The highest BCUT2D eigenvalue weighted by Crippen LogP contribution is 2.18.